The van der Waals surface area contributed by atoms with Crippen LogP contribution in [0.4, 0.5) is 11.4 Å². The van der Waals surface area contributed by atoms with E-state index in [1.165, 1.54) is 4.90 Å². The van der Waals surface area contributed by atoms with Crippen LogP contribution in [0.5, 0.6) is 0 Å². The summed E-state index contributed by atoms with van der Waals surface area (Å²) in [6, 6.07) is 19.5. The third-order valence-corrected chi connectivity index (χ3v) is 5.98. The summed E-state index contributed by atoms with van der Waals surface area (Å²) in [5.74, 6) is -0.866. The number of benzene rings is 3. The van der Waals surface area contributed by atoms with Gasteiger partial charge in [0.15, 0.2) is 5.78 Å². The molecule has 3 aromatic carbocycles. The molecule has 0 aromatic heterocycles. The summed E-state index contributed by atoms with van der Waals surface area (Å²) in [5, 5.41) is 3.63. The van der Waals surface area contributed by atoms with Crippen LogP contribution in [0.25, 0.3) is 0 Å². The topological polar surface area (TPSA) is 75.7 Å². The van der Waals surface area contributed by atoms with Gasteiger partial charge in [-0.3, -0.25) is 19.3 Å². The highest BCUT2D eigenvalue weighted by Crippen LogP contribution is 2.32. The second-order valence-corrected chi connectivity index (χ2v) is 8.28. The molecule has 1 heterocycles. The van der Waals surface area contributed by atoms with E-state index in [0.29, 0.717) is 21.8 Å². The lowest BCUT2D eigenvalue weighted by Crippen LogP contribution is -2.47. The fraction of sp³-hybridized carbons (Fsp3) is 0.192. The minimum absolute atomic E-state index is 0.113. The Morgan fingerprint density at radius 1 is 0.970 bits per heavy atom. The minimum atomic E-state index is -0.477. The van der Waals surface area contributed by atoms with Crippen molar-refractivity contribution in [1.29, 1.82) is 0 Å². The highest BCUT2D eigenvalue weighted by Gasteiger charge is 2.32. The molecule has 3 aromatic rings. The lowest BCUT2D eigenvalue weighted by molar-refractivity contribution is -0.161. The SMILES string of the molecule is Cc1ccccc1C(=O)c1ccc(Nc2ccccc2C(C)N2C(=O)COCC2=O)cc1Cl. The molecule has 1 aliphatic rings. The molecule has 1 atom stereocenters. The number of nitrogens with one attached hydrogen (secondary N) is 1. The number of rotatable bonds is 6. The average molecular weight is 463 g/mol. The minimum Gasteiger partial charge on any atom is -0.362 e. The van der Waals surface area contributed by atoms with Crippen LogP contribution in [-0.4, -0.2) is 35.7 Å². The van der Waals surface area contributed by atoms with Gasteiger partial charge in [0.1, 0.15) is 13.2 Å². The Kier molecular flexibility index (Phi) is 6.58. The molecular weight excluding hydrogens is 440 g/mol. The van der Waals surface area contributed by atoms with Gasteiger partial charge in [0.05, 0.1) is 11.1 Å². The maximum absolute atomic E-state index is 13.0. The summed E-state index contributed by atoms with van der Waals surface area (Å²) in [7, 11) is 0. The molecule has 1 saturated heterocycles. The van der Waals surface area contributed by atoms with Crippen LogP contribution in [0, 0.1) is 6.92 Å². The maximum atomic E-state index is 13.0. The third-order valence-electron chi connectivity index (χ3n) is 5.67. The van der Waals surface area contributed by atoms with Crippen LogP contribution in [-0.2, 0) is 14.3 Å². The molecule has 33 heavy (non-hydrogen) atoms. The van der Waals surface area contributed by atoms with E-state index in [-0.39, 0.29) is 30.8 Å². The molecular formula is C26H23ClN2O4. The summed E-state index contributed by atoms with van der Waals surface area (Å²) in [4.78, 5) is 38.8. The summed E-state index contributed by atoms with van der Waals surface area (Å²) < 4.78 is 5.02. The molecule has 168 valence electrons. The second-order valence-electron chi connectivity index (χ2n) is 7.88. The largest absolute Gasteiger partial charge is 0.362 e. The first-order valence-corrected chi connectivity index (χ1v) is 10.9. The molecule has 1 aliphatic heterocycles. The second kappa shape index (κ2) is 9.57. The number of carbonyl (C=O) groups excluding carboxylic acids is 3. The normalized spacial score (nSPS) is 14.8. The number of amides is 2. The molecule has 0 saturated carbocycles. The van der Waals surface area contributed by atoms with Gasteiger partial charge in [-0.1, -0.05) is 54.1 Å². The third kappa shape index (κ3) is 4.67. The highest BCUT2D eigenvalue weighted by molar-refractivity contribution is 6.35. The molecule has 7 heteroatoms. The first kappa shape index (κ1) is 22.7. The van der Waals surface area contributed by atoms with Gasteiger partial charge >= 0.3 is 0 Å². The number of ether oxygens (including phenoxy) is 1. The van der Waals surface area contributed by atoms with Gasteiger partial charge in [0.2, 0.25) is 0 Å². The smallest absolute Gasteiger partial charge is 0.255 e. The number of anilines is 2. The van der Waals surface area contributed by atoms with E-state index in [4.69, 9.17) is 16.3 Å². The number of carbonyl (C=O) groups is 3. The number of aryl methyl sites for hydroxylation is 1. The van der Waals surface area contributed by atoms with Crippen LogP contribution >= 0.6 is 11.6 Å². The Morgan fingerprint density at radius 3 is 2.33 bits per heavy atom. The van der Waals surface area contributed by atoms with Gasteiger partial charge in [-0.15, -0.1) is 0 Å². The van der Waals surface area contributed by atoms with E-state index in [2.05, 4.69) is 5.32 Å². The van der Waals surface area contributed by atoms with Gasteiger partial charge in [0.25, 0.3) is 11.8 Å². The molecule has 2 amide bonds. The Balaban J connectivity index is 1.60. The fourth-order valence-corrected chi connectivity index (χ4v) is 4.22. The van der Waals surface area contributed by atoms with Crippen LogP contribution < -0.4 is 5.32 Å². The molecule has 1 N–H and O–H groups in total. The van der Waals surface area contributed by atoms with Crippen molar-refractivity contribution in [2.24, 2.45) is 0 Å². The van der Waals surface area contributed by atoms with E-state index >= 15 is 0 Å². The van der Waals surface area contributed by atoms with E-state index in [0.717, 1.165) is 16.8 Å². The molecule has 0 bridgehead atoms. The Bertz CT molecular complexity index is 1220. The molecule has 0 radical (unpaired) electrons. The number of hydrogen-bond acceptors (Lipinski definition) is 5. The number of imide groups is 1. The van der Waals surface area contributed by atoms with Crippen LogP contribution in [0.1, 0.15) is 40.0 Å². The summed E-state index contributed by atoms with van der Waals surface area (Å²) >= 11 is 6.48. The molecule has 4 rings (SSSR count). The van der Waals surface area contributed by atoms with Crippen molar-refractivity contribution in [2.45, 2.75) is 19.9 Å². The van der Waals surface area contributed by atoms with Crippen molar-refractivity contribution in [2.75, 3.05) is 18.5 Å². The van der Waals surface area contributed by atoms with Crippen molar-refractivity contribution in [1.82, 2.24) is 4.90 Å². The van der Waals surface area contributed by atoms with Crippen molar-refractivity contribution in [3.05, 3.63) is 94.0 Å². The van der Waals surface area contributed by atoms with Crippen molar-refractivity contribution < 1.29 is 19.1 Å². The fourth-order valence-electron chi connectivity index (χ4n) is 3.96. The van der Waals surface area contributed by atoms with Crippen LogP contribution in [0.3, 0.4) is 0 Å². The number of nitrogens with zero attached hydrogens (tertiary/aromatic N) is 1. The summed E-state index contributed by atoms with van der Waals surface area (Å²) in [6.45, 7) is 3.47. The van der Waals surface area contributed by atoms with Crippen LogP contribution in [0.2, 0.25) is 5.02 Å². The molecule has 6 nitrogen and oxygen atoms in total. The van der Waals surface area contributed by atoms with E-state index in [9.17, 15) is 14.4 Å². The number of ketones is 1. The van der Waals surface area contributed by atoms with Gasteiger partial charge in [-0.05, 0) is 49.2 Å². The number of para-hydroxylation sites is 1. The standard InChI is InChI=1S/C26H23ClN2O4/c1-16-7-3-4-8-19(16)26(32)21-12-11-18(13-22(21)27)28-23-10-6-5-9-20(23)17(2)29-24(30)14-33-15-25(29)31/h3-13,17,28H,14-15H2,1-2H3. The zero-order valence-corrected chi connectivity index (χ0v) is 19.1. The van der Waals surface area contributed by atoms with Crippen LogP contribution in [0.15, 0.2) is 66.7 Å². The number of hydrogen-bond donors (Lipinski definition) is 1. The molecule has 0 aliphatic carbocycles. The number of halogens is 1. The van der Waals surface area contributed by atoms with Gasteiger partial charge < -0.3 is 10.1 Å². The van der Waals surface area contributed by atoms with Gasteiger partial charge in [-0.2, -0.15) is 0 Å². The van der Waals surface area contributed by atoms with Crippen molar-refractivity contribution in [3.8, 4) is 0 Å². The van der Waals surface area contributed by atoms with Gasteiger partial charge in [-0.25, -0.2) is 0 Å². The van der Waals surface area contributed by atoms with Crippen molar-refractivity contribution >= 4 is 40.6 Å². The first-order chi connectivity index (χ1) is 15.9. The monoisotopic (exact) mass is 462 g/mol. The zero-order chi connectivity index (χ0) is 23.5. The predicted octanol–water partition coefficient (Wildman–Crippen LogP) is 5.07. The van der Waals surface area contributed by atoms with Gasteiger partial charge in [0, 0.05) is 22.5 Å². The first-order valence-electron chi connectivity index (χ1n) is 10.5. The quantitative estimate of drug-likeness (QED) is 0.409. The van der Waals surface area contributed by atoms with Crippen molar-refractivity contribution in [3.63, 3.8) is 0 Å². The molecule has 1 unspecified atom stereocenters. The Hall–Kier alpha value is -3.48. The van der Waals surface area contributed by atoms with E-state index in [1.807, 2.05) is 49.4 Å². The zero-order valence-electron chi connectivity index (χ0n) is 18.3. The Morgan fingerprint density at radius 2 is 1.64 bits per heavy atom. The maximum Gasteiger partial charge on any atom is 0.255 e. The van der Waals surface area contributed by atoms with E-state index < -0.39 is 6.04 Å². The summed E-state index contributed by atoms with van der Waals surface area (Å²) in [5.41, 5.74) is 4.10. The number of morpholine rings is 1. The lowest BCUT2D eigenvalue weighted by Gasteiger charge is -2.31. The average Bonchev–Trinajstić information content (AvgIpc) is 2.79. The molecule has 1 fully saturated rings. The Labute approximate surface area is 197 Å². The lowest BCUT2D eigenvalue weighted by atomic mass is 9.99. The highest BCUT2D eigenvalue weighted by atomic mass is 35.5. The molecule has 0 spiro atoms. The predicted molar refractivity (Wildman–Crippen MR) is 127 cm³/mol. The van der Waals surface area contributed by atoms with E-state index in [1.54, 1.807) is 31.2 Å². The summed E-state index contributed by atoms with van der Waals surface area (Å²) in [6.07, 6.45) is 0.